The number of hydrogen-bond acceptors (Lipinski definition) is 5. The lowest BCUT2D eigenvalue weighted by Gasteiger charge is -2.41. The number of halogens is 1. The van der Waals surface area contributed by atoms with Crippen LogP contribution in [0.2, 0.25) is 0 Å². The highest BCUT2D eigenvalue weighted by atomic mass is 127. The summed E-state index contributed by atoms with van der Waals surface area (Å²) in [5.41, 5.74) is 1.14. The van der Waals surface area contributed by atoms with Gasteiger partial charge in [-0.1, -0.05) is 6.07 Å². The molecule has 0 unspecified atom stereocenters. The van der Waals surface area contributed by atoms with Gasteiger partial charge in [-0.2, -0.15) is 0 Å². The number of benzene rings is 1. The van der Waals surface area contributed by atoms with Gasteiger partial charge in [0.1, 0.15) is 0 Å². The summed E-state index contributed by atoms with van der Waals surface area (Å²) < 4.78 is 17.2. The molecule has 2 N–H and O–H groups in total. The summed E-state index contributed by atoms with van der Waals surface area (Å²) in [7, 11) is 1.69. The van der Waals surface area contributed by atoms with Gasteiger partial charge in [-0.3, -0.25) is 4.90 Å². The highest BCUT2D eigenvalue weighted by molar-refractivity contribution is 14.0. The molecular formula is C24H41IN4O3. The molecule has 2 aliphatic rings. The lowest BCUT2D eigenvalue weighted by Crippen LogP contribution is -2.56. The summed E-state index contributed by atoms with van der Waals surface area (Å²) in [6.07, 6.45) is 5.04. The van der Waals surface area contributed by atoms with Gasteiger partial charge in [0, 0.05) is 31.7 Å². The smallest absolute Gasteiger partial charge is 0.191 e. The first-order valence-corrected chi connectivity index (χ1v) is 11.7. The maximum Gasteiger partial charge on any atom is 0.191 e. The van der Waals surface area contributed by atoms with Crippen LogP contribution in [-0.4, -0.2) is 69.0 Å². The molecule has 0 atom stereocenters. The Morgan fingerprint density at radius 1 is 1.16 bits per heavy atom. The molecule has 0 radical (unpaired) electrons. The fraction of sp³-hybridized carbons (Fsp3) is 0.708. The molecule has 1 saturated carbocycles. The topological polar surface area (TPSA) is 67.4 Å². The van der Waals surface area contributed by atoms with E-state index in [1.54, 1.807) is 7.11 Å². The van der Waals surface area contributed by atoms with Gasteiger partial charge in [-0.05, 0) is 64.2 Å². The predicted molar refractivity (Wildman–Crippen MR) is 141 cm³/mol. The van der Waals surface area contributed by atoms with Crippen LogP contribution in [0.25, 0.3) is 0 Å². The first kappa shape index (κ1) is 27.0. The Labute approximate surface area is 210 Å². The molecule has 182 valence electrons. The van der Waals surface area contributed by atoms with E-state index in [1.165, 1.54) is 12.8 Å². The van der Waals surface area contributed by atoms with Crippen molar-refractivity contribution in [1.29, 1.82) is 0 Å². The Bertz CT molecular complexity index is 717. The molecule has 8 heteroatoms. The van der Waals surface area contributed by atoms with Gasteiger partial charge < -0.3 is 24.8 Å². The molecule has 2 fully saturated rings. The average molecular weight is 561 g/mol. The van der Waals surface area contributed by atoms with Crippen LogP contribution in [0.3, 0.4) is 0 Å². The molecule has 1 aromatic carbocycles. The Morgan fingerprint density at radius 2 is 1.88 bits per heavy atom. The van der Waals surface area contributed by atoms with Gasteiger partial charge in [0.05, 0.1) is 33.0 Å². The van der Waals surface area contributed by atoms with Crippen molar-refractivity contribution in [1.82, 2.24) is 15.5 Å². The van der Waals surface area contributed by atoms with Gasteiger partial charge in [-0.15, -0.1) is 24.0 Å². The number of guanidine groups is 1. The van der Waals surface area contributed by atoms with E-state index in [4.69, 9.17) is 19.2 Å². The molecule has 1 aliphatic heterocycles. The molecule has 0 bridgehead atoms. The van der Waals surface area contributed by atoms with Crippen LogP contribution in [0.1, 0.15) is 52.0 Å². The summed E-state index contributed by atoms with van der Waals surface area (Å²) in [6, 6.07) is 6.12. The third kappa shape index (κ3) is 7.95. The number of rotatable bonds is 9. The van der Waals surface area contributed by atoms with Crippen molar-refractivity contribution in [2.75, 3.05) is 46.5 Å². The number of hydrogen-bond donors (Lipinski definition) is 2. The number of nitrogens with one attached hydrogen (secondary N) is 2. The van der Waals surface area contributed by atoms with E-state index in [9.17, 15) is 0 Å². The third-order valence-electron chi connectivity index (χ3n) is 6.14. The zero-order chi connectivity index (χ0) is 22.1. The highest BCUT2D eigenvalue weighted by Crippen LogP contribution is 2.32. The molecular weight excluding hydrogens is 519 g/mol. The molecule has 1 aliphatic carbocycles. The Hall–Kier alpha value is -1.26. The lowest BCUT2D eigenvalue weighted by molar-refractivity contribution is -0.00834. The zero-order valence-electron chi connectivity index (χ0n) is 20.1. The van der Waals surface area contributed by atoms with Gasteiger partial charge in [0.15, 0.2) is 17.5 Å². The van der Waals surface area contributed by atoms with Gasteiger partial charge in [0.25, 0.3) is 0 Å². The quantitative estimate of drug-likeness (QED) is 0.272. The van der Waals surface area contributed by atoms with E-state index >= 15 is 0 Å². The third-order valence-corrected chi connectivity index (χ3v) is 6.14. The molecule has 3 rings (SSSR count). The van der Waals surface area contributed by atoms with Crippen LogP contribution in [0.15, 0.2) is 23.2 Å². The monoisotopic (exact) mass is 560 g/mol. The summed E-state index contributed by atoms with van der Waals surface area (Å²) in [4.78, 5) is 7.29. The van der Waals surface area contributed by atoms with Crippen LogP contribution in [0.5, 0.6) is 11.5 Å². The van der Waals surface area contributed by atoms with Crippen molar-refractivity contribution in [3.63, 3.8) is 0 Å². The number of nitrogens with zero attached hydrogens (tertiary/aromatic N) is 2. The van der Waals surface area contributed by atoms with Crippen LogP contribution in [0.4, 0.5) is 0 Å². The Kier molecular flexibility index (Phi) is 11.3. The normalized spacial score (nSPS) is 18.2. The first-order valence-electron chi connectivity index (χ1n) is 11.7. The minimum Gasteiger partial charge on any atom is -0.493 e. The number of methoxy groups -OCH3 is 1. The van der Waals surface area contributed by atoms with Crippen molar-refractivity contribution >= 4 is 29.9 Å². The molecule has 1 aromatic rings. The maximum atomic E-state index is 6.23. The van der Waals surface area contributed by atoms with Crippen LogP contribution >= 0.6 is 24.0 Å². The summed E-state index contributed by atoms with van der Waals surface area (Å²) in [5, 5.41) is 6.89. The standard InChI is InChI=1S/C24H40N4O3.HI/c1-5-25-23(27-18-24(2,3)28-12-14-30-15-13-28)26-17-19-10-11-21(29-4)22(16-19)31-20-8-6-7-9-20;/h10-11,16,20H,5-9,12-15,17-18H2,1-4H3,(H2,25,26,27);1H. The number of morpholine rings is 1. The minimum atomic E-state index is 0. The Morgan fingerprint density at radius 3 is 2.53 bits per heavy atom. The second kappa shape index (κ2) is 13.4. The van der Waals surface area contributed by atoms with Gasteiger partial charge in [-0.25, -0.2) is 4.99 Å². The van der Waals surface area contributed by atoms with E-state index in [1.807, 2.05) is 6.07 Å². The molecule has 0 spiro atoms. The zero-order valence-corrected chi connectivity index (χ0v) is 22.4. The molecule has 0 aromatic heterocycles. The summed E-state index contributed by atoms with van der Waals surface area (Å²) >= 11 is 0. The molecule has 7 nitrogen and oxygen atoms in total. The summed E-state index contributed by atoms with van der Waals surface area (Å²) in [6.45, 7) is 12.4. The lowest BCUT2D eigenvalue weighted by atomic mass is 10.0. The fourth-order valence-electron chi connectivity index (χ4n) is 4.19. The maximum absolute atomic E-state index is 6.23. The van der Waals surface area contributed by atoms with Gasteiger partial charge in [0.2, 0.25) is 0 Å². The van der Waals surface area contributed by atoms with Crippen molar-refractivity contribution in [3.05, 3.63) is 23.8 Å². The molecule has 0 amide bonds. The minimum absolute atomic E-state index is 0. The van der Waals surface area contributed by atoms with Crippen LogP contribution in [-0.2, 0) is 11.3 Å². The summed E-state index contributed by atoms with van der Waals surface area (Å²) in [5.74, 6) is 2.45. The molecule has 32 heavy (non-hydrogen) atoms. The number of aliphatic imine (C=N–C) groups is 1. The van der Waals surface area contributed by atoms with Crippen molar-refractivity contribution < 1.29 is 14.2 Å². The van der Waals surface area contributed by atoms with Crippen LogP contribution in [0, 0.1) is 0 Å². The predicted octanol–water partition coefficient (Wildman–Crippen LogP) is 3.80. The second-order valence-electron chi connectivity index (χ2n) is 8.97. The van der Waals surface area contributed by atoms with E-state index < -0.39 is 0 Å². The Balaban J connectivity index is 0.00000363. The molecule has 1 heterocycles. The highest BCUT2D eigenvalue weighted by Gasteiger charge is 2.28. The average Bonchev–Trinajstić information content (AvgIpc) is 3.29. The number of ether oxygens (including phenoxy) is 3. The second-order valence-corrected chi connectivity index (χ2v) is 8.97. The van der Waals surface area contributed by atoms with Crippen molar-refractivity contribution in [2.45, 2.75) is 64.6 Å². The van der Waals surface area contributed by atoms with Crippen LogP contribution < -0.4 is 20.1 Å². The van der Waals surface area contributed by atoms with E-state index in [2.05, 4.69) is 48.4 Å². The van der Waals surface area contributed by atoms with Crippen molar-refractivity contribution in [2.24, 2.45) is 4.99 Å². The van der Waals surface area contributed by atoms with E-state index in [0.717, 1.165) is 75.3 Å². The van der Waals surface area contributed by atoms with E-state index in [0.29, 0.717) is 12.6 Å². The SMILES string of the molecule is CCNC(=NCc1ccc(OC)c(OC2CCCC2)c1)NCC(C)(C)N1CCOCC1.I. The van der Waals surface area contributed by atoms with Crippen molar-refractivity contribution in [3.8, 4) is 11.5 Å². The molecule has 1 saturated heterocycles. The van der Waals surface area contributed by atoms with E-state index in [-0.39, 0.29) is 29.5 Å². The fourth-order valence-corrected chi connectivity index (χ4v) is 4.19. The van der Waals surface area contributed by atoms with Gasteiger partial charge >= 0.3 is 0 Å². The first-order chi connectivity index (χ1) is 15.0. The largest absolute Gasteiger partial charge is 0.493 e.